The molecule has 0 bridgehead atoms. The van der Waals surface area contributed by atoms with Crippen molar-refractivity contribution in [1.82, 2.24) is 15.1 Å². The summed E-state index contributed by atoms with van der Waals surface area (Å²) in [5.74, 6) is 2.92. The Kier molecular flexibility index (Phi) is 8.75. The smallest absolute Gasteiger partial charge is 0.243 e. The zero-order chi connectivity index (χ0) is 27.1. The van der Waals surface area contributed by atoms with E-state index >= 15 is 0 Å². The molecule has 0 aromatic carbocycles. The van der Waals surface area contributed by atoms with Gasteiger partial charge in [0.15, 0.2) is 0 Å². The van der Waals surface area contributed by atoms with E-state index < -0.39 is 0 Å². The highest BCUT2D eigenvalue weighted by Crippen LogP contribution is 2.64. The molecule has 1 saturated heterocycles. The summed E-state index contributed by atoms with van der Waals surface area (Å²) in [6.07, 6.45) is 12.5. The molecule has 1 aliphatic heterocycles. The number of carbonyl (C=O) groups excluding carboxylic acids is 2. The molecule has 8 heteroatoms. The van der Waals surface area contributed by atoms with Gasteiger partial charge in [0.05, 0.1) is 12.6 Å². The molecule has 0 unspecified atom stereocenters. The van der Waals surface area contributed by atoms with Crippen molar-refractivity contribution >= 4 is 35.0 Å². The zero-order valence-corrected chi connectivity index (χ0v) is 24.8. The number of nitrogens with one attached hydrogen (secondary N) is 1. The quantitative estimate of drug-likeness (QED) is 0.333. The molecule has 4 fully saturated rings. The lowest BCUT2D eigenvalue weighted by Crippen LogP contribution is -2.56. The van der Waals surface area contributed by atoms with Crippen LogP contribution in [-0.4, -0.2) is 82.8 Å². The summed E-state index contributed by atoms with van der Waals surface area (Å²) in [5, 5.41) is 13.8. The van der Waals surface area contributed by atoms with Crippen LogP contribution in [0.3, 0.4) is 0 Å². The van der Waals surface area contributed by atoms with E-state index in [9.17, 15) is 14.7 Å². The van der Waals surface area contributed by atoms with Gasteiger partial charge in [-0.25, -0.2) is 0 Å². The van der Waals surface area contributed by atoms with Gasteiger partial charge in [0.2, 0.25) is 11.8 Å². The topological polar surface area (TPSA) is 72.9 Å². The molecular formula is C30H47Cl2N3O3. The number of aliphatic hydroxyl groups excluding tert-OH is 1. The normalized spacial score (nSPS) is 40.4. The van der Waals surface area contributed by atoms with Crippen LogP contribution in [0.2, 0.25) is 0 Å². The second kappa shape index (κ2) is 11.6. The minimum Gasteiger partial charge on any atom is -0.393 e. The van der Waals surface area contributed by atoms with Crippen LogP contribution >= 0.6 is 23.2 Å². The van der Waals surface area contributed by atoms with E-state index in [0.29, 0.717) is 49.1 Å². The molecule has 6 nitrogen and oxygen atoms in total. The SMILES string of the molecule is C[C@]12CC[C@H]3[C@@H](CC=C4C[C@@H](O)CC[C@@]43C)[C@@H]1CC[C@H]2NC(=O)[C@@H]1CCCN1C(=O)CN(CCCl)CCCl. The largest absolute Gasteiger partial charge is 0.393 e. The molecule has 0 radical (unpaired) electrons. The highest BCUT2D eigenvalue weighted by molar-refractivity contribution is 6.18. The summed E-state index contributed by atoms with van der Waals surface area (Å²) in [6, 6.07) is -0.197. The van der Waals surface area contributed by atoms with Gasteiger partial charge >= 0.3 is 0 Å². The summed E-state index contributed by atoms with van der Waals surface area (Å²) in [4.78, 5) is 30.6. The number of hydrogen-bond donors (Lipinski definition) is 2. The summed E-state index contributed by atoms with van der Waals surface area (Å²) in [7, 11) is 0. The van der Waals surface area contributed by atoms with Crippen LogP contribution in [0.25, 0.3) is 0 Å². The Balaban J connectivity index is 1.24. The van der Waals surface area contributed by atoms with E-state index in [2.05, 4.69) is 25.2 Å². The Morgan fingerprint density at radius 2 is 1.84 bits per heavy atom. The summed E-state index contributed by atoms with van der Waals surface area (Å²) < 4.78 is 0. The number of alkyl halides is 2. The fourth-order valence-corrected chi connectivity index (χ4v) is 9.75. The minimum atomic E-state index is -0.372. The monoisotopic (exact) mass is 567 g/mol. The maximum absolute atomic E-state index is 13.6. The van der Waals surface area contributed by atoms with Gasteiger partial charge in [0.25, 0.3) is 0 Å². The summed E-state index contributed by atoms with van der Waals surface area (Å²) in [6.45, 7) is 7.02. The molecule has 3 saturated carbocycles. The average Bonchev–Trinajstić information content (AvgIpc) is 3.50. The van der Waals surface area contributed by atoms with Crippen LogP contribution in [0.1, 0.15) is 78.1 Å². The number of allylic oxidation sites excluding steroid dienone is 1. The fourth-order valence-electron chi connectivity index (χ4n) is 9.28. The van der Waals surface area contributed by atoms with E-state index in [1.54, 1.807) is 4.90 Å². The van der Waals surface area contributed by atoms with Gasteiger partial charge in [-0.1, -0.05) is 25.5 Å². The first-order chi connectivity index (χ1) is 18.2. The third kappa shape index (κ3) is 5.17. The standard InChI is InChI=1S/C30H47Cl2N3O3/c1-29-11-9-21(36)18-20(29)5-6-22-23-7-8-26(30(23,2)12-10-24(22)29)33-28(38)25-4-3-15-35(25)27(37)19-34(16-13-31)17-14-32/h5,21-26,36H,3-4,6-19H2,1-2H3,(H,33,38)/t21-,22-,23-,24-,25-,26+,29-,30-/m0/s1. The molecule has 38 heavy (non-hydrogen) atoms. The van der Waals surface area contributed by atoms with Crippen LogP contribution in [-0.2, 0) is 9.59 Å². The van der Waals surface area contributed by atoms with E-state index in [-0.39, 0.29) is 47.4 Å². The fraction of sp³-hybridized carbons (Fsp3) is 0.867. The number of rotatable bonds is 8. The van der Waals surface area contributed by atoms with E-state index in [1.165, 1.54) is 18.4 Å². The third-order valence-electron chi connectivity index (χ3n) is 11.4. The van der Waals surface area contributed by atoms with Gasteiger partial charge in [-0.2, -0.15) is 0 Å². The number of aliphatic hydroxyl groups is 1. The number of fused-ring (bicyclic) bond motifs is 5. The molecule has 5 rings (SSSR count). The van der Waals surface area contributed by atoms with Crippen LogP contribution in [0.15, 0.2) is 11.6 Å². The molecule has 0 aromatic rings. The van der Waals surface area contributed by atoms with Crippen molar-refractivity contribution < 1.29 is 14.7 Å². The second-order valence-electron chi connectivity index (χ2n) is 13.2. The molecule has 0 spiro atoms. The van der Waals surface area contributed by atoms with E-state index in [1.807, 2.05) is 4.90 Å². The molecule has 8 atom stereocenters. The zero-order valence-electron chi connectivity index (χ0n) is 23.3. The maximum atomic E-state index is 13.6. The Hall–Kier alpha value is -0.820. The van der Waals surface area contributed by atoms with Crippen molar-refractivity contribution in [1.29, 1.82) is 0 Å². The molecule has 214 valence electrons. The maximum Gasteiger partial charge on any atom is 0.243 e. The van der Waals surface area contributed by atoms with Crippen molar-refractivity contribution in [2.24, 2.45) is 28.6 Å². The van der Waals surface area contributed by atoms with E-state index in [4.69, 9.17) is 23.2 Å². The summed E-state index contributed by atoms with van der Waals surface area (Å²) >= 11 is 11.8. The Morgan fingerprint density at radius 1 is 1.08 bits per heavy atom. The minimum absolute atomic E-state index is 0.00421. The highest BCUT2D eigenvalue weighted by atomic mass is 35.5. The van der Waals surface area contributed by atoms with Gasteiger partial charge in [-0.3, -0.25) is 14.5 Å². The van der Waals surface area contributed by atoms with Crippen molar-refractivity contribution in [3.8, 4) is 0 Å². The molecule has 2 N–H and O–H groups in total. The van der Waals surface area contributed by atoms with Crippen LogP contribution in [0.5, 0.6) is 0 Å². The lowest BCUT2D eigenvalue weighted by molar-refractivity contribution is -0.140. The van der Waals surface area contributed by atoms with Crippen molar-refractivity contribution in [3.63, 3.8) is 0 Å². The highest BCUT2D eigenvalue weighted by Gasteiger charge is 2.59. The van der Waals surface area contributed by atoms with Crippen LogP contribution in [0, 0.1) is 28.6 Å². The van der Waals surface area contributed by atoms with Crippen LogP contribution < -0.4 is 5.32 Å². The Bertz CT molecular complexity index is 924. The van der Waals surface area contributed by atoms with E-state index in [0.717, 1.165) is 51.4 Å². The number of nitrogens with zero attached hydrogens (tertiary/aromatic N) is 2. The van der Waals surface area contributed by atoms with Crippen molar-refractivity contribution in [2.75, 3.05) is 37.9 Å². The lowest BCUT2D eigenvalue weighted by Gasteiger charge is -2.58. The molecule has 5 aliphatic rings. The van der Waals surface area contributed by atoms with Gasteiger partial charge in [-0.05, 0) is 92.8 Å². The number of hydrogen-bond acceptors (Lipinski definition) is 4. The number of likely N-dealkylation sites (tertiary alicyclic amines) is 1. The molecule has 0 aromatic heterocycles. The van der Waals surface area contributed by atoms with Crippen LogP contribution in [0.4, 0.5) is 0 Å². The summed E-state index contributed by atoms with van der Waals surface area (Å²) in [5.41, 5.74) is 1.85. The number of amides is 2. The number of halogens is 2. The molecule has 1 heterocycles. The van der Waals surface area contributed by atoms with Gasteiger partial charge in [0.1, 0.15) is 6.04 Å². The first-order valence-electron chi connectivity index (χ1n) is 15.0. The lowest BCUT2D eigenvalue weighted by atomic mass is 9.48. The first kappa shape index (κ1) is 28.7. The molecule has 2 amide bonds. The van der Waals surface area contributed by atoms with Crippen molar-refractivity contribution in [3.05, 3.63) is 11.6 Å². The van der Waals surface area contributed by atoms with Gasteiger partial charge in [-0.15, -0.1) is 23.2 Å². The van der Waals surface area contributed by atoms with Gasteiger partial charge in [0, 0.05) is 37.4 Å². The Morgan fingerprint density at radius 3 is 2.58 bits per heavy atom. The second-order valence-corrected chi connectivity index (χ2v) is 14.0. The molecule has 4 aliphatic carbocycles. The predicted molar refractivity (Wildman–Crippen MR) is 152 cm³/mol. The average molecular weight is 569 g/mol. The predicted octanol–water partition coefficient (Wildman–Crippen LogP) is 4.57. The van der Waals surface area contributed by atoms with Crippen molar-refractivity contribution in [2.45, 2.75) is 96.2 Å². The Labute approximate surface area is 238 Å². The first-order valence-corrected chi connectivity index (χ1v) is 16.1. The van der Waals surface area contributed by atoms with Gasteiger partial charge < -0.3 is 15.3 Å². The number of carbonyl (C=O) groups is 2. The molecular weight excluding hydrogens is 521 g/mol. The third-order valence-corrected chi connectivity index (χ3v) is 11.8.